The Labute approximate surface area is 163 Å². The maximum atomic E-state index is 12.5. The molecule has 1 atom stereocenters. The lowest BCUT2D eigenvalue weighted by Gasteiger charge is -2.16. The zero-order valence-electron chi connectivity index (χ0n) is 14.1. The fourth-order valence-corrected chi connectivity index (χ4v) is 3.56. The van der Waals surface area contributed by atoms with Crippen LogP contribution in [0.3, 0.4) is 0 Å². The molecule has 0 bridgehead atoms. The van der Waals surface area contributed by atoms with Gasteiger partial charge in [-0.2, -0.15) is 4.98 Å². The molecule has 2 aliphatic heterocycles. The van der Waals surface area contributed by atoms with Crippen molar-refractivity contribution in [2.75, 3.05) is 18.2 Å². The Bertz CT molecular complexity index is 1020. The molecule has 7 nitrogen and oxygen atoms in total. The minimum absolute atomic E-state index is 0.0160. The number of aromatic nitrogens is 2. The van der Waals surface area contributed by atoms with E-state index in [0.29, 0.717) is 36.2 Å². The predicted octanol–water partition coefficient (Wildman–Crippen LogP) is 3.75. The Balaban J connectivity index is 1.37. The quantitative estimate of drug-likeness (QED) is 0.633. The second kappa shape index (κ2) is 6.38. The summed E-state index contributed by atoms with van der Waals surface area (Å²) in [4.78, 5) is 18.7. The van der Waals surface area contributed by atoms with E-state index in [1.807, 2.05) is 42.5 Å². The molecule has 27 heavy (non-hydrogen) atoms. The normalized spacial score (nSPS) is 18.3. The number of ether oxygens (including phenoxy) is 2. The Morgan fingerprint density at radius 2 is 1.89 bits per heavy atom. The Hall–Kier alpha value is -2.87. The highest BCUT2D eigenvalue weighted by Gasteiger charge is 2.35. The van der Waals surface area contributed by atoms with E-state index in [1.54, 1.807) is 4.90 Å². The van der Waals surface area contributed by atoms with Gasteiger partial charge < -0.3 is 18.9 Å². The van der Waals surface area contributed by atoms with E-state index in [4.69, 9.17) is 14.0 Å². The summed E-state index contributed by atoms with van der Waals surface area (Å²) in [7, 11) is 0. The maximum Gasteiger partial charge on any atom is 0.232 e. The van der Waals surface area contributed by atoms with Crippen LogP contribution in [-0.2, 0) is 4.79 Å². The van der Waals surface area contributed by atoms with Gasteiger partial charge in [-0.05, 0) is 36.4 Å². The third kappa shape index (κ3) is 2.95. The smallest absolute Gasteiger partial charge is 0.232 e. The molecule has 1 saturated heterocycles. The molecule has 2 aromatic carbocycles. The Morgan fingerprint density at radius 1 is 1.07 bits per heavy atom. The summed E-state index contributed by atoms with van der Waals surface area (Å²) in [6.45, 7) is 0.691. The third-order valence-electron chi connectivity index (χ3n) is 4.69. The Kier molecular flexibility index (Phi) is 3.86. The van der Waals surface area contributed by atoms with Crippen LogP contribution in [0.4, 0.5) is 5.69 Å². The summed E-state index contributed by atoms with van der Waals surface area (Å²) < 4.78 is 17.2. The van der Waals surface area contributed by atoms with Crippen molar-refractivity contribution in [2.45, 2.75) is 12.3 Å². The van der Waals surface area contributed by atoms with Crippen molar-refractivity contribution in [3.8, 4) is 22.9 Å². The van der Waals surface area contributed by atoms with Crippen molar-refractivity contribution in [3.05, 3.63) is 52.8 Å². The standard InChI is InChI=1S/C19H14BrN3O4/c20-13-3-1-11(2-4-13)18-21-19(27-22-18)12-7-17(24)23(9-12)14-5-6-15-16(8-14)26-10-25-15/h1-6,8,12H,7,9-10H2. The molecule has 136 valence electrons. The van der Waals surface area contributed by atoms with Crippen LogP contribution < -0.4 is 14.4 Å². The van der Waals surface area contributed by atoms with Crippen LogP contribution in [0.25, 0.3) is 11.4 Å². The number of nitrogens with zero attached hydrogens (tertiary/aromatic N) is 3. The molecule has 1 fully saturated rings. The van der Waals surface area contributed by atoms with Crippen molar-refractivity contribution < 1.29 is 18.8 Å². The summed E-state index contributed by atoms with van der Waals surface area (Å²) in [5.74, 6) is 2.22. The van der Waals surface area contributed by atoms with Crippen LogP contribution in [0.5, 0.6) is 11.5 Å². The van der Waals surface area contributed by atoms with Gasteiger partial charge in [0.2, 0.25) is 24.4 Å². The molecule has 0 spiro atoms. The van der Waals surface area contributed by atoms with Crippen LogP contribution >= 0.6 is 15.9 Å². The topological polar surface area (TPSA) is 77.7 Å². The molecular formula is C19H14BrN3O4. The number of hydrogen-bond donors (Lipinski definition) is 0. The van der Waals surface area contributed by atoms with Gasteiger partial charge in [-0.1, -0.05) is 21.1 Å². The molecule has 0 radical (unpaired) electrons. The highest BCUT2D eigenvalue weighted by Crippen LogP contribution is 2.38. The third-order valence-corrected chi connectivity index (χ3v) is 5.21. The lowest BCUT2D eigenvalue weighted by Crippen LogP contribution is -2.24. The summed E-state index contributed by atoms with van der Waals surface area (Å²) in [5, 5.41) is 4.06. The number of hydrogen-bond acceptors (Lipinski definition) is 6. The first kappa shape index (κ1) is 16.3. The van der Waals surface area contributed by atoms with E-state index >= 15 is 0 Å². The zero-order chi connectivity index (χ0) is 18.4. The molecule has 8 heteroatoms. The van der Waals surface area contributed by atoms with Gasteiger partial charge in [0.05, 0.1) is 5.92 Å². The molecule has 0 saturated carbocycles. The van der Waals surface area contributed by atoms with E-state index in [1.165, 1.54) is 0 Å². The number of amides is 1. The number of carbonyl (C=O) groups excluding carboxylic acids is 1. The van der Waals surface area contributed by atoms with Gasteiger partial charge in [0.25, 0.3) is 0 Å². The molecule has 1 amide bonds. The van der Waals surface area contributed by atoms with Gasteiger partial charge in [0, 0.05) is 34.8 Å². The zero-order valence-corrected chi connectivity index (χ0v) is 15.7. The largest absolute Gasteiger partial charge is 0.454 e. The lowest BCUT2D eigenvalue weighted by atomic mass is 10.1. The van der Waals surface area contributed by atoms with Gasteiger partial charge >= 0.3 is 0 Å². The van der Waals surface area contributed by atoms with E-state index in [9.17, 15) is 4.79 Å². The Morgan fingerprint density at radius 3 is 2.74 bits per heavy atom. The van der Waals surface area contributed by atoms with Crippen molar-refractivity contribution >= 4 is 27.5 Å². The highest BCUT2D eigenvalue weighted by molar-refractivity contribution is 9.10. The van der Waals surface area contributed by atoms with Crippen LogP contribution in [0, 0.1) is 0 Å². The van der Waals surface area contributed by atoms with Crippen molar-refractivity contribution in [2.24, 2.45) is 0 Å². The second-order valence-corrected chi connectivity index (χ2v) is 7.32. The summed E-state index contributed by atoms with van der Waals surface area (Å²) >= 11 is 3.41. The number of rotatable bonds is 3. The number of fused-ring (bicyclic) bond motifs is 1. The molecule has 5 rings (SSSR count). The van der Waals surface area contributed by atoms with Crippen LogP contribution in [0.1, 0.15) is 18.2 Å². The molecule has 3 heterocycles. The van der Waals surface area contributed by atoms with Gasteiger partial charge in [-0.25, -0.2) is 0 Å². The summed E-state index contributed by atoms with van der Waals surface area (Å²) in [6, 6.07) is 13.2. The molecule has 1 aromatic heterocycles. The van der Waals surface area contributed by atoms with Crippen LogP contribution in [0.2, 0.25) is 0 Å². The number of benzene rings is 2. The first-order valence-electron chi connectivity index (χ1n) is 8.47. The highest BCUT2D eigenvalue weighted by atomic mass is 79.9. The lowest BCUT2D eigenvalue weighted by molar-refractivity contribution is -0.117. The first-order chi connectivity index (χ1) is 13.2. The number of carbonyl (C=O) groups is 1. The minimum atomic E-state index is -0.139. The summed E-state index contributed by atoms with van der Waals surface area (Å²) in [6.07, 6.45) is 0.330. The number of halogens is 1. The van der Waals surface area contributed by atoms with E-state index in [-0.39, 0.29) is 18.6 Å². The van der Waals surface area contributed by atoms with Gasteiger partial charge in [-0.15, -0.1) is 0 Å². The average Bonchev–Trinajstić information content (AvgIpc) is 3.40. The molecule has 0 N–H and O–H groups in total. The first-order valence-corrected chi connectivity index (χ1v) is 9.26. The van der Waals surface area contributed by atoms with Crippen LogP contribution in [-0.4, -0.2) is 29.4 Å². The number of anilines is 1. The fraction of sp³-hybridized carbons (Fsp3) is 0.211. The molecule has 2 aliphatic rings. The molecule has 3 aromatic rings. The van der Waals surface area contributed by atoms with Gasteiger partial charge in [0.1, 0.15) is 0 Å². The monoisotopic (exact) mass is 427 g/mol. The average molecular weight is 428 g/mol. The van der Waals surface area contributed by atoms with Crippen molar-refractivity contribution in [1.29, 1.82) is 0 Å². The minimum Gasteiger partial charge on any atom is -0.454 e. The van der Waals surface area contributed by atoms with Gasteiger partial charge in [-0.3, -0.25) is 4.79 Å². The maximum absolute atomic E-state index is 12.5. The second-order valence-electron chi connectivity index (χ2n) is 6.41. The van der Waals surface area contributed by atoms with Crippen LogP contribution in [0.15, 0.2) is 51.5 Å². The van der Waals surface area contributed by atoms with Gasteiger partial charge in [0.15, 0.2) is 11.5 Å². The SMILES string of the molecule is O=C1CC(c2nc(-c3ccc(Br)cc3)no2)CN1c1ccc2c(c1)OCO2. The van der Waals surface area contributed by atoms with E-state index in [2.05, 4.69) is 26.1 Å². The van der Waals surface area contributed by atoms with Crippen molar-refractivity contribution in [1.82, 2.24) is 10.1 Å². The molecular weight excluding hydrogens is 414 g/mol. The van der Waals surface area contributed by atoms with E-state index < -0.39 is 0 Å². The predicted molar refractivity (Wildman–Crippen MR) is 99.7 cm³/mol. The summed E-state index contributed by atoms with van der Waals surface area (Å²) in [5.41, 5.74) is 1.64. The van der Waals surface area contributed by atoms with E-state index in [0.717, 1.165) is 15.7 Å². The fourth-order valence-electron chi connectivity index (χ4n) is 3.29. The molecule has 0 aliphatic carbocycles. The van der Waals surface area contributed by atoms with Crippen molar-refractivity contribution in [3.63, 3.8) is 0 Å². The molecule has 1 unspecified atom stereocenters.